The fourth-order valence-electron chi connectivity index (χ4n) is 2.31. The van der Waals surface area contributed by atoms with Crippen molar-refractivity contribution in [3.8, 4) is 0 Å². The number of aryl methyl sites for hydroxylation is 3. The van der Waals surface area contributed by atoms with Gasteiger partial charge in [0.15, 0.2) is 12.4 Å². The Bertz CT molecular complexity index is 567. The van der Waals surface area contributed by atoms with Crippen LogP contribution in [0.3, 0.4) is 0 Å². The fraction of sp³-hybridized carbons (Fsp3) is 0.353. The van der Waals surface area contributed by atoms with E-state index in [0.717, 1.165) is 17.4 Å². The van der Waals surface area contributed by atoms with Crippen LogP contribution in [0.2, 0.25) is 0 Å². The molecule has 1 aromatic carbocycles. The summed E-state index contributed by atoms with van der Waals surface area (Å²) in [6.07, 6.45) is 9.24. The zero-order chi connectivity index (χ0) is 14.4. The van der Waals surface area contributed by atoms with Gasteiger partial charge in [0.25, 0.3) is 0 Å². The van der Waals surface area contributed by atoms with E-state index in [1.165, 1.54) is 34.9 Å². The van der Waals surface area contributed by atoms with Crippen LogP contribution in [-0.4, -0.2) is 0 Å². The summed E-state index contributed by atoms with van der Waals surface area (Å²) in [4.78, 5) is 0. The minimum Gasteiger partial charge on any atom is -0.205 e. The first kappa shape index (κ1) is 15.7. The molecule has 0 fully saturated rings. The second kappa shape index (κ2) is 7.94. The standard InChI is InChI=1S/C17H20Br2N/c1-14-6-5-11-20(13-14)10-4-2-3-7-15-12-16(18)8-9-17(15)19/h5-6,8-9,11-13H,2-4,7,10H2,1H3/q+1. The van der Waals surface area contributed by atoms with Crippen molar-refractivity contribution in [2.45, 2.75) is 39.2 Å². The van der Waals surface area contributed by atoms with Gasteiger partial charge in [0, 0.05) is 27.0 Å². The maximum Gasteiger partial charge on any atom is 0.171 e. The van der Waals surface area contributed by atoms with Crippen molar-refractivity contribution >= 4 is 31.9 Å². The number of benzene rings is 1. The predicted octanol–water partition coefficient (Wildman–Crippen LogP) is 5.22. The lowest BCUT2D eigenvalue weighted by Crippen LogP contribution is -2.32. The van der Waals surface area contributed by atoms with Gasteiger partial charge in [-0.25, -0.2) is 4.57 Å². The normalized spacial score (nSPS) is 10.8. The lowest BCUT2D eigenvalue weighted by atomic mass is 10.1. The van der Waals surface area contributed by atoms with Crippen LogP contribution in [0.4, 0.5) is 0 Å². The van der Waals surface area contributed by atoms with E-state index >= 15 is 0 Å². The van der Waals surface area contributed by atoms with Gasteiger partial charge in [0.05, 0.1) is 0 Å². The lowest BCUT2D eigenvalue weighted by molar-refractivity contribution is -0.697. The molecule has 0 N–H and O–H groups in total. The van der Waals surface area contributed by atoms with Crippen LogP contribution in [0, 0.1) is 6.92 Å². The van der Waals surface area contributed by atoms with Gasteiger partial charge in [0.2, 0.25) is 0 Å². The molecule has 0 radical (unpaired) electrons. The van der Waals surface area contributed by atoms with Crippen molar-refractivity contribution in [1.29, 1.82) is 0 Å². The molecule has 0 saturated heterocycles. The third kappa shape index (κ3) is 5.02. The van der Waals surface area contributed by atoms with Crippen LogP contribution in [0.1, 0.15) is 30.4 Å². The lowest BCUT2D eigenvalue weighted by Gasteiger charge is -2.05. The van der Waals surface area contributed by atoms with Gasteiger partial charge in [-0.05, 0) is 56.0 Å². The molecule has 20 heavy (non-hydrogen) atoms. The van der Waals surface area contributed by atoms with Gasteiger partial charge in [-0.1, -0.05) is 31.9 Å². The van der Waals surface area contributed by atoms with E-state index in [4.69, 9.17) is 0 Å². The molecule has 3 heteroatoms. The average molecular weight is 398 g/mol. The molecule has 1 nitrogen and oxygen atoms in total. The molecule has 106 valence electrons. The Balaban J connectivity index is 1.73. The number of hydrogen-bond acceptors (Lipinski definition) is 0. The first-order valence-electron chi connectivity index (χ1n) is 7.05. The van der Waals surface area contributed by atoms with E-state index in [9.17, 15) is 0 Å². The molecular formula is C17H20Br2N+. The SMILES string of the molecule is Cc1ccc[n+](CCCCCc2cc(Br)ccc2Br)c1. The number of rotatable bonds is 6. The number of hydrogen-bond donors (Lipinski definition) is 0. The smallest absolute Gasteiger partial charge is 0.171 e. The van der Waals surface area contributed by atoms with Crippen LogP contribution in [0.5, 0.6) is 0 Å². The predicted molar refractivity (Wildman–Crippen MR) is 90.8 cm³/mol. The van der Waals surface area contributed by atoms with E-state index < -0.39 is 0 Å². The highest BCUT2D eigenvalue weighted by Gasteiger charge is 2.03. The fourth-order valence-corrected chi connectivity index (χ4v) is 3.17. The van der Waals surface area contributed by atoms with Crippen molar-refractivity contribution in [3.05, 3.63) is 62.8 Å². The van der Waals surface area contributed by atoms with Gasteiger partial charge >= 0.3 is 0 Å². The second-order valence-corrected chi connectivity index (χ2v) is 6.94. The van der Waals surface area contributed by atoms with E-state index in [1.54, 1.807) is 0 Å². The molecule has 0 amide bonds. The summed E-state index contributed by atoms with van der Waals surface area (Å²) < 4.78 is 4.66. The minimum atomic E-state index is 1.11. The van der Waals surface area contributed by atoms with Crippen LogP contribution in [-0.2, 0) is 13.0 Å². The Morgan fingerprint density at radius 2 is 1.90 bits per heavy atom. The monoisotopic (exact) mass is 396 g/mol. The zero-order valence-corrected chi connectivity index (χ0v) is 15.0. The van der Waals surface area contributed by atoms with Crippen LogP contribution < -0.4 is 4.57 Å². The highest BCUT2D eigenvalue weighted by molar-refractivity contribution is 9.11. The van der Waals surface area contributed by atoms with Crippen molar-refractivity contribution < 1.29 is 4.57 Å². The molecule has 0 aliphatic rings. The quantitative estimate of drug-likeness (QED) is 0.464. The summed E-state index contributed by atoms with van der Waals surface area (Å²) in [5.41, 5.74) is 2.72. The molecule has 1 heterocycles. The maximum atomic E-state index is 3.62. The second-order valence-electron chi connectivity index (χ2n) is 5.17. The Kier molecular flexibility index (Phi) is 6.24. The molecule has 2 aromatic rings. The molecule has 0 unspecified atom stereocenters. The van der Waals surface area contributed by atoms with Gasteiger partial charge < -0.3 is 0 Å². The summed E-state index contributed by atoms with van der Waals surface area (Å²) in [6.45, 7) is 3.25. The van der Waals surface area contributed by atoms with Gasteiger partial charge in [-0.2, -0.15) is 0 Å². The molecule has 0 spiro atoms. The minimum absolute atomic E-state index is 1.11. The van der Waals surface area contributed by atoms with Crippen LogP contribution >= 0.6 is 31.9 Å². The van der Waals surface area contributed by atoms with Gasteiger partial charge in [-0.15, -0.1) is 0 Å². The largest absolute Gasteiger partial charge is 0.205 e. The van der Waals surface area contributed by atoms with Crippen LogP contribution in [0.15, 0.2) is 51.7 Å². The molecule has 1 aromatic heterocycles. The van der Waals surface area contributed by atoms with Gasteiger partial charge in [-0.3, -0.25) is 0 Å². The van der Waals surface area contributed by atoms with Crippen molar-refractivity contribution in [1.82, 2.24) is 0 Å². The number of halogens is 2. The Morgan fingerprint density at radius 1 is 1.05 bits per heavy atom. The molecule has 0 aliphatic carbocycles. The molecule has 0 bridgehead atoms. The first-order valence-corrected chi connectivity index (χ1v) is 8.63. The van der Waals surface area contributed by atoms with E-state index in [1.807, 2.05) is 0 Å². The number of unbranched alkanes of at least 4 members (excludes halogenated alkanes) is 2. The van der Waals surface area contributed by atoms with E-state index in [-0.39, 0.29) is 0 Å². The number of aromatic nitrogens is 1. The van der Waals surface area contributed by atoms with E-state index in [2.05, 4.69) is 86.1 Å². The topological polar surface area (TPSA) is 3.88 Å². The summed E-state index contributed by atoms with van der Waals surface area (Å²) in [6, 6.07) is 10.7. The maximum absolute atomic E-state index is 3.62. The average Bonchev–Trinajstić information content (AvgIpc) is 2.42. The molecule has 0 aliphatic heterocycles. The third-order valence-corrected chi connectivity index (χ3v) is 4.64. The van der Waals surface area contributed by atoms with Crippen molar-refractivity contribution in [3.63, 3.8) is 0 Å². The van der Waals surface area contributed by atoms with Gasteiger partial charge in [0.1, 0.15) is 6.54 Å². The van der Waals surface area contributed by atoms with Crippen molar-refractivity contribution in [2.75, 3.05) is 0 Å². The van der Waals surface area contributed by atoms with Crippen molar-refractivity contribution in [2.24, 2.45) is 0 Å². The number of pyridine rings is 1. The third-order valence-electron chi connectivity index (χ3n) is 3.38. The Labute approximate surface area is 138 Å². The highest BCUT2D eigenvalue weighted by Crippen LogP contribution is 2.23. The molecule has 0 atom stereocenters. The molecule has 2 rings (SSSR count). The summed E-state index contributed by atoms with van der Waals surface area (Å²) in [5.74, 6) is 0. The first-order chi connectivity index (χ1) is 9.65. The highest BCUT2D eigenvalue weighted by atomic mass is 79.9. The zero-order valence-electron chi connectivity index (χ0n) is 11.8. The Hall–Kier alpha value is -0.670. The Morgan fingerprint density at radius 3 is 2.70 bits per heavy atom. The summed E-state index contributed by atoms with van der Waals surface area (Å²) in [7, 11) is 0. The van der Waals surface area contributed by atoms with E-state index in [0.29, 0.717) is 0 Å². The summed E-state index contributed by atoms with van der Waals surface area (Å²) >= 11 is 7.15. The van der Waals surface area contributed by atoms with Crippen LogP contribution in [0.25, 0.3) is 0 Å². The molecule has 0 saturated carbocycles. The molecular weight excluding hydrogens is 378 g/mol. The summed E-state index contributed by atoms with van der Waals surface area (Å²) in [5, 5.41) is 0. The number of nitrogens with zero attached hydrogens (tertiary/aromatic N) is 1.